The van der Waals surface area contributed by atoms with Gasteiger partial charge in [-0.25, -0.2) is 0 Å². The second kappa shape index (κ2) is 5.70. The van der Waals surface area contributed by atoms with Crippen molar-refractivity contribution in [1.29, 1.82) is 0 Å². The molecule has 0 bridgehead atoms. The molecule has 90 valence electrons. The molecule has 0 aromatic carbocycles. The molecule has 0 radical (unpaired) electrons. The second-order valence-corrected chi connectivity index (χ2v) is 4.54. The average Bonchev–Trinajstić information content (AvgIpc) is 2.61. The molecule has 1 aromatic rings. The van der Waals surface area contributed by atoms with Crippen molar-refractivity contribution in [3.63, 3.8) is 0 Å². The maximum absolute atomic E-state index is 10.8. The SMILES string of the molecule is CC(C)C[C@H](C)NCc1ccc(C(N)=O)o1. The molecule has 1 rings (SSSR count). The Kier molecular flexibility index (Phi) is 4.55. The topological polar surface area (TPSA) is 68.3 Å². The molecule has 1 amide bonds. The van der Waals surface area contributed by atoms with E-state index < -0.39 is 5.91 Å². The molecular formula is C12H20N2O2. The van der Waals surface area contributed by atoms with E-state index in [2.05, 4.69) is 26.1 Å². The van der Waals surface area contributed by atoms with Crippen LogP contribution >= 0.6 is 0 Å². The summed E-state index contributed by atoms with van der Waals surface area (Å²) in [5, 5.41) is 3.34. The van der Waals surface area contributed by atoms with Crippen LogP contribution in [0.25, 0.3) is 0 Å². The van der Waals surface area contributed by atoms with E-state index in [0.29, 0.717) is 18.5 Å². The highest BCUT2D eigenvalue weighted by atomic mass is 16.3. The van der Waals surface area contributed by atoms with Gasteiger partial charge in [0.15, 0.2) is 5.76 Å². The molecular weight excluding hydrogens is 204 g/mol. The maximum Gasteiger partial charge on any atom is 0.284 e. The van der Waals surface area contributed by atoms with E-state index in [-0.39, 0.29) is 5.76 Å². The smallest absolute Gasteiger partial charge is 0.284 e. The Balaban J connectivity index is 2.39. The summed E-state index contributed by atoms with van der Waals surface area (Å²) in [6.07, 6.45) is 1.11. The third-order valence-electron chi connectivity index (χ3n) is 2.35. The van der Waals surface area contributed by atoms with E-state index in [9.17, 15) is 4.79 Å². The van der Waals surface area contributed by atoms with Crippen LogP contribution in [-0.4, -0.2) is 11.9 Å². The predicted molar refractivity (Wildman–Crippen MR) is 63.0 cm³/mol. The van der Waals surface area contributed by atoms with E-state index in [4.69, 9.17) is 10.2 Å². The van der Waals surface area contributed by atoms with Crippen LogP contribution in [0.5, 0.6) is 0 Å². The van der Waals surface area contributed by atoms with Gasteiger partial charge >= 0.3 is 0 Å². The Labute approximate surface area is 96.2 Å². The summed E-state index contributed by atoms with van der Waals surface area (Å²) >= 11 is 0. The monoisotopic (exact) mass is 224 g/mol. The van der Waals surface area contributed by atoms with Crippen LogP contribution in [-0.2, 0) is 6.54 Å². The first-order valence-electron chi connectivity index (χ1n) is 5.61. The number of nitrogens with two attached hydrogens (primary N) is 1. The Morgan fingerprint density at radius 1 is 1.44 bits per heavy atom. The summed E-state index contributed by atoms with van der Waals surface area (Å²) in [5.41, 5.74) is 5.10. The molecule has 0 fully saturated rings. The number of furan rings is 1. The summed E-state index contributed by atoms with van der Waals surface area (Å²) in [6.45, 7) is 7.14. The van der Waals surface area contributed by atoms with Crippen molar-refractivity contribution in [3.05, 3.63) is 23.7 Å². The van der Waals surface area contributed by atoms with Gasteiger partial charge in [0.1, 0.15) is 5.76 Å². The van der Waals surface area contributed by atoms with Crippen molar-refractivity contribution in [3.8, 4) is 0 Å². The van der Waals surface area contributed by atoms with Crippen molar-refractivity contribution >= 4 is 5.91 Å². The second-order valence-electron chi connectivity index (χ2n) is 4.54. The Hall–Kier alpha value is -1.29. The Bertz CT molecular complexity index is 345. The van der Waals surface area contributed by atoms with Crippen molar-refractivity contribution < 1.29 is 9.21 Å². The summed E-state index contributed by atoms with van der Waals surface area (Å²) in [5.74, 6) is 1.10. The zero-order valence-electron chi connectivity index (χ0n) is 10.1. The molecule has 0 saturated heterocycles. The van der Waals surface area contributed by atoms with Gasteiger partial charge in [-0.1, -0.05) is 13.8 Å². The largest absolute Gasteiger partial charge is 0.455 e. The lowest BCUT2D eigenvalue weighted by atomic mass is 10.1. The van der Waals surface area contributed by atoms with Gasteiger partial charge in [0.2, 0.25) is 0 Å². The lowest BCUT2D eigenvalue weighted by Gasteiger charge is -2.14. The Morgan fingerprint density at radius 2 is 2.12 bits per heavy atom. The minimum absolute atomic E-state index is 0.216. The van der Waals surface area contributed by atoms with Crippen LogP contribution in [0.15, 0.2) is 16.5 Å². The first-order chi connectivity index (χ1) is 7.49. The first-order valence-corrected chi connectivity index (χ1v) is 5.61. The standard InChI is InChI=1S/C12H20N2O2/c1-8(2)6-9(3)14-7-10-4-5-11(16-10)12(13)15/h4-5,8-9,14H,6-7H2,1-3H3,(H2,13,15)/t9-/m0/s1. The van der Waals surface area contributed by atoms with Crippen LogP contribution in [0.1, 0.15) is 43.5 Å². The summed E-state index contributed by atoms with van der Waals surface area (Å²) < 4.78 is 5.26. The van der Waals surface area contributed by atoms with Crippen molar-refractivity contribution in [2.24, 2.45) is 11.7 Å². The zero-order valence-corrected chi connectivity index (χ0v) is 10.1. The first kappa shape index (κ1) is 12.8. The number of primary amides is 1. The normalized spacial score (nSPS) is 13.0. The highest BCUT2D eigenvalue weighted by molar-refractivity contribution is 5.89. The zero-order chi connectivity index (χ0) is 12.1. The van der Waals surface area contributed by atoms with E-state index >= 15 is 0 Å². The van der Waals surface area contributed by atoms with Gasteiger partial charge in [0, 0.05) is 6.04 Å². The van der Waals surface area contributed by atoms with Crippen molar-refractivity contribution in [1.82, 2.24) is 5.32 Å². The number of hydrogen-bond donors (Lipinski definition) is 2. The minimum atomic E-state index is -0.526. The van der Waals surface area contributed by atoms with Gasteiger partial charge in [-0.05, 0) is 31.4 Å². The summed E-state index contributed by atoms with van der Waals surface area (Å²) in [6, 6.07) is 3.81. The Morgan fingerprint density at radius 3 is 2.62 bits per heavy atom. The lowest BCUT2D eigenvalue weighted by molar-refractivity contribution is 0.0972. The number of nitrogens with one attached hydrogen (secondary N) is 1. The third-order valence-corrected chi connectivity index (χ3v) is 2.35. The molecule has 0 unspecified atom stereocenters. The van der Waals surface area contributed by atoms with E-state index in [1.807, 2.05) is 0 Å². The van der Waals surface area contributed by atoms with Gasteiger partial charge in [0.25, 0.3) is 5.91 Å². The van der Waals surface area contributed by atoms with Crippen molar-refractivity contribution in [2.75, 3.05) is 0 Å². The fourth-order valence-corrected chi connectivity index (χ4v) is 1.67. The molecule has 1 aromatic heterocycles. The maximum atomic E-state index is 10.8. The van der Waals surface area contributed by atoms with Gasteiger partial charge in [-0.2, -0.15) is 0 Å². The van der Waals surface area contributed by atoms with Crippen molar-refractivity contribution in [2.45, 2.75) is 39.8 Å². The summed E-state index contributed by atoms with van der Waals surface area (Å²) in [4.78, 5) is 10.8. The predicted octanol–water partition coefficient (Wildman–Crippen LogP) is 1.90. The van der Waals surface area contributed by atoms with Gasteiger partial charge in [-0.3, -0.25) is 4.79 Å². The van der Waals surface area contributed by atoms with Crippen LogP contribution in [0, 0.1) is 5.92 Å². The number of rotatable bonds is 6. The fourth-order valence-electron chi connectivity index (χ4n) is 1.67. The third kappa shape index (κ3) is 4.06. The summed E-state index contributed by atoms with van der Waals surface area (Å²) in [7, 11) is 0. The molecule has 0 aliphatic rings. The molecule has 0 aliphatic heterocycles. The molecule has 0 spiro atoms. The molecule has 4 heteroatoms. The van der Waals surface area contributed by atoms with Gasteiger partial charge in [-0.15, -0.1) is 0 Å². The van der Waals surface area contributed by atoms with Gasteiger partial charge < -0.3 is 15.5 Å². The van der Waals surface area contributed by atoms with Crippen LogP contribution < -0.4 is 11.1 Å². The molecule has 0 aliphatic carbocycles. The molecule has 4 nitrogen and oxygen atoms in total. The van der Waals surface area contributed by atoms with Crippen LogP contribution in [0.2, 0.25) is 0 Å². The number of carbonyl (C=O) groups is 1. The number of carbonyl (C=O) groups excluding carboxylic acids is 1. The van der Waals surface area contributed by atoms with E-state index in [1.165, 1.54) is 0 Å². The highest BCUT2D eigenvalue weighted by Crippen LogP contribution is 2.09. The number of hydrogen-bond acceptors (Lipinski definition) is 3. The fraction of sp³-hybridized carbons (Fsp3) is 0.583. The van der Waals surface area contributed by atoms with Gasteiger partial charge in [0.05, 0.1) is 6.54 Å². The minimum Gasteiger partial charge on any atom is -0.455 e. The molecule has 1 atom stereocenters. The molecule has 3 N–H and O–H groups in total. The average molecular weight is 224 g/mol. The highest BCUT2D eigenvalue weighted by Gasteiger charge is 2.08. The van der Waals surface area contributed by atoms with E-state index in [0.717, 1.165) is 12.2 Å². The lowest BCUT2D eigenvalue weighted by Crippen LogP contribution is -2.26. The molecule has 16 heavy (non-hydrogen) atoms. The quantitative estimate of drug-likeness (QED) is 0.775. The van der Waals surface area contributed by atoms with Crippen LogP contribution in [0.4, 0.5) is 0 Å². The number of amides is 1. The molecule has 0 saturated carbocycles. The van der Waals surface area contributed by atoms with E-state index in [1.54, 1.807) is 12.1 Å². The van der Waals surface area contributed by atoms with Crippen LogP contribution in [0.3, 0.4) is 0 Å². The molecule has 1 heterocycles.